The van der Waals surface area contributed by atoms with Gasteiger partial charge in [-0.05, 0) is 23.6 Å². The third-order valence-electron chi connectivity index (χ3n) is 3.70. The molecule has 0 radical (unpaired) electrons. The first-order valence-electron chi connectivity index (χ1n) is 7.75. The van der Waals surface area contributed by atoms with E-state index in [0.717, 1.165) is 17.1 Å². The molecule has 0 saturated carbocycles. The maximum absolute atomic E-state index is 12.3. The highest BCUT2D eigenvalue weighted by atomic mass is 16.5. The molecule has 23 heavy (non-hydrogen) atoms. The highest BCUT2D eigenvalue weighted by Crippen LogP contribution is 2.23. The smallest absolute Gasteiger partial charge is 0.227 e. The lowest BCUT2D eigenvalue weighted by Gasteiger charge is -2.12. The van der Waals surface area contributed by atoms with E-state index in [0.29, 0.717) is 12.4 Å². The maximum Gasteiger partial charge on any atom is 0.227 e. The second kappa shape index (κ2) is 7.26. The number of aromatic nitrogens is 3. The first kappa shape index (κ1) is 17.0. The highest BCUT2D eigenvalue weighted by Gasteiger charge is 2.16. The molecule has 1 unspecified atom stereocenters. The lowest BCUT2D eigenvalue weighted by atomic mass is 9.97. The van der Waals surface area contributed by atoms with E-state index >= 15 is 0 Å². The number of carbonyl (C=O) groups excluding carboxylic acids is 1. The number of anilines is 1. The van der Waals surface area contributed by atoms with Gasteiger partial charge in [0.25, 0.3) is 0 Å². The predicted molar refractivity (Wildman–Crippen MR) is 89.7 cm³/mol. The lowest BCUT2D eigenvalue weighted by molar-refractivity contribution is -0.116. The van der Waals surface area contributed by atoms with Crippen LogP contribution in [0.2, 0.25) is 0 Å². The van der Waals surface area contributed by atoms with Gasteiger partial charge < -0.3 is 4.74 Å². The molecule has 0 aliphatic rings. The van der Waals surface area contributed by atoms with Crippen molar-refractivity contribution in [3.8, 4) is 5.75 Å². The van der Waals surface area contributed by atoms with Crippen LogP contribution in [0, 0.1) is 0 Å². The fourth-order valence-corrected chi connectivity index (χ4v) is 2.28. The molecule has 0 aliphatic heterocycles. The normalized spacial score (nSPS) is 12.3. The highest BCUT2D eigenvalue weighted by molar-refractivity contribution is 5.89. The summed E-state index contributed by atoms with van der Waals surface area (Å²) in [6.45, 7) is 6.06. The zero-order valence-corrected chi connectivity index (χ0v) is 14.3. The van der Waals surface area contributed by atoms with Crippen LogP contribution in [-0.2, 0) is 11.8 Å². The number of nitrogens with one attached hydrogen (secondary N) is 1. The average molecular weight is 316 g/mol. The summed E-state index contributed by atoms with van der Waals surface area (Å²) < 4.78 is 6.82. The quantitative estimate of drug-likeness (QED) is 0.889. The van der Waals surface area contributed by atoms with E-state index in [1.807, 2.05) is 45.0 Å². The van der Waals surface area contributed by atoms with Crippen molar-refractivity contribution < 1.29 is 9.53 Å². The van der Waals surface area contributed by atoms with E-state index in [1.54, 1.807) is 18.8 Å². The Morgan fingerprint density at radius 1 is 1.35 bits per heavy atom. The molecule has 1 amide bonds. The fourth-order valence-electron chi connectivity index (χ4n) is 2.28. The van der Waals surface area contributed by atoms with Gasteiger partial charge in [-0.2, -0.15) is 10.1 Å². The minimum Gasteiger partial charge on any atom is -0.497 e. The number of aryl methyl sites for hydroxylation is 1. The van der Waals surface area contributed by atoms with E-state index in [1.165, 1.54) is 0 Å². The molecular formula is C17H24N4O2. The third kappa shape index (κ3) is 4.31. The first-order valence-corrected chi connectivity index (χ1v) is 7.75. The molecule has 0 fully saturated rings. The van der Waals surface area contributed by atoms with Crippen molar-refractivity contribution in [1.29, 1.82) is 0 Å². The summed E-state index contributed by atoms with van der Waals surface area (Å²) in [5.41, 5.74) is 1.07. The van der Waals surface area contributed by atoms with Gasteiger partial charge in [0, 0.05) is 19.4 Å². The van der Waals surface area contributed by atoms with Crippen molar-refractivity contribution in [2.24, 2.45) is 7.05 Å². The van der Waals surface area contributed by atoms with Gasteiger partial charge in [-0.3, -0.25) is 10.1 Å². The Bertz CT molecular complexity index is 679. The van der Waals surface area contributed by atoms with Crippen LogP contribution in [0.15, 0.2) is 24.3 Å². The van der Waals surface area contributed by atoms with Crippen molar-refractivity contribution in [2.45, 2.75) is 39.0 Å². The molecule has 1 heterocycles. The molecule has 2 rings (SSSR count). The summed E-state index contributed by atoms with van der Waals surface area (Å²) in [5.74, 6) is 2.24. The van der Waals surface area contributed by atoms with Gasteiger partial charge in [0.05, 0.1) is 7.11 Å². The van der Waals surface area contributed by atoms with Crippen LogP contribution >= 0.6 is 0 Å². The molecule has 1 aromatic heterocycles. The average Bonchev–Trinajstić information content (AvgIpc) is 2.88. The number of amides is 1. The van der Waals surface area contributed by atoms with Crippen molar-refractivity contribution in [3.63, 3.8) is 0 Å². The number of hydrogen-bond donors (Lipinski definition) is 1. The van der Waals surface area contributed by atoms with Gasteiger partial charge in [0.15, 0.2) is 5.82 Å². The van der Waals surface area contributed by atoms with E-state index in [4.69, 9.17) is 4.74 Å². The largest absolute Gasteiger partial charge is 0.497 e. The van der Waals surface area contributed by atoms with Crippen molar-refractivity contribution in [3.05, 3.63) is 35.7 Å². The molecule has 0 bridgehead atoms. The Hall–Kier alpha value is -2.37. The Labute approximate surface area is 136 Å². The van der Waals surface area contributed by atoms with Gasteiger partial charge in [-0.25, -0.2) is 4.68 Å². The molecule has 124 valence electrons. The summed E-state index contributed by atoms with van der Waals surface area (Å²) in [4.78, 5) is 16.6. The molecule has 0 saturated heterocycles. The maximum atomic E-state index is 12.3. The Morgan fingerprint density at radius 2 is 2.09 bits per heavy atom. The standard InChI is InChI=1S/C17H24N4O2/c1-11(2)16-19-17(21(4)20-16)18-15(22)9-12(3)13-7-6-8-14(10-13)23-5/h6-8,10-12H,9H2,1-5H3,(H,18,19,20,22). The van der Waals surface area contributed by atoms with Crippen LogP contribution in [0.5, 0.6) is 5.75 Å². The summed E-state index contributed by atoms with van der Waals surface area (Å²) in [5, 5.41) is 7.13. The van der Waals surface area contributed by atoms with Crippen LogP contribution < -0.4 is 10.1 Å². The molecular weight excluding hydrogens is 292 g/mol. The summed E-state index contributed by atoms with van der Waals surface area (Å²) in [6.07, 6.45) is 0.372. The van der Waals surface area contributed by atoms with Crippen LogP contribution in [0.4, 0.5) is 5.95 Å². The molecule has 1 aromatic carbocycles. The summed E-state index contributed by atoms with van der Waals surface area (Å²) in [6, 6.07) is 7.78. The number of rotatable bonds is 6. The van der Waals surface area contributed by atoms with Crippen molar-refractivity contribution in [2.75, 3.05) is 12.4 Å². The second-order valence-electron chi connectivity index (χ2n) is 6.00. The van der Waals surface area contributed by atoms with E-state index in [9.17, 15) is 4.79 Å². The van der Waals surface area contributed by atoms with Crippen LogP contribution in [0.25, 0.3) is 0 Å². The second-order valence-corrected chi connectivity index (χ2v) is 6.00. The summed E-state index contributed by atoms with van der Waals surface area (Å²) >= 11 is 0. The minimum atomic E-state index is -0.0777. The van der Waals surface area contributed by atoms with Crippen molar-refractivity contribution >= 4 is 11.9 Å². The molecule has 6 nitrogen and oxygen atoms in total. The van der Waals surface area contributed by atoms with Gasteiger partial charge in [-0.1, -0.05) is 32.9 Å². The van der Waals surface area contributed by atoms with Gasteiger partial charge in [0.1, 0.15) is 5.75 Å². The van der Waals surface area contributed by atoms with Crippen LogP contribution in [-0.4, -0.2) is 27.8 Å². The molecule has 1 atom stereocenters. The Kier molecular flexibility index (Phi) is 5.36. The topological polar surface area (TPSA) is 69.0 Å². The monoisotopic (exact) mass is 316 g/mol. The molecule has 0 aliphatic carbocycles. The molecule has 2 aromatic rings. The lowest BCUT2D eigenvalue weighted by Crippen LogP contribution is -2.17. The number of hydrogen-bond acceptors (Lipinski definition) is 4. The van der Waals surface area contributed by atoms with E-state index in [-0.39, 0.29) is 17.7 Å². The molecule has 0 spiro atoms. The zero-order chi connectivity index (χ0) is 17.0. The van der Waals surface area contributed by atoms with Crippen LogP contribution in [0.1, 0.15) is 50.4 Å². The minimum absolute atomic E-state index is 0.0777. The third-order valence-corrected chi connectivity index (χ3v) is 3.70. The first-order chi connectivity index (χ1) is 10.9. The fraction of sp³-hybridized carbons (Fsp3) is 0.471. The number of ether oxygens (including phenoxy) is 1. The van der Waals surface area contributed by atoms with Gasteiger partial charge >= 0.3 is 0 Å². The van der Waals surface area contributed by atoms with Crippen LogP contribution in [0.3, 0.4) is 0 Å². The Balaban J connectivity index is 2.01. The predicted octanol–water partition coefficient (Wildman–Crippen LogP) is 3.08. The van der Waals surface area contributed by atoms with Gasteiger partial charge in [0.2, 0.25) is 11.9 Å². The Morgan fingerprint density at radius 3 is 2.70 bits per heavy atom. The number of nitrogens with zero attached hydrogens (tertiary/aromatic N) is 3. The number of benzene rings is 1. The van der Waals surface area contributed by atoms with E-state index in [2.05, 4.69) is 15.4 Å². The number of methoxy groups -OCH3 is 1. The van der Waals surface area contributed by atoms with E-state index < -0.39 is 0 Å². The zero-order valence-electron chi connectivity index (χ0n) is 14.3. The molecule has 1 N–H and O–H groups in total. The number of carbonyl (C=O) groups is 1. The molecule has 6 heteroatoms. The SMILES string of the molecule is COc1cccc(C(C)CC(=O)Nc2nc(C(C)C)nn2C)c1. The summed E-state index contributed by atoms with van der Waals surface area (Å²) in [7, 11) is 3.41. The van der Waals surface area contributed by atoms with Crippen molar-refractivity contribution in [1.82, 2.24) is 14.8 Å². The van der Waals surface area contributed by atoms with Gasteiger partial charge in [-0.15, -0.1) is 0 Å².